The molecule has 0 heterocycles. The van der Waals surface area contributed by atoms with Crippen LogP contribution in [0.4, 0.5) is 0 Å². The average Bonchev–Trinajstić information content (AvgIpc) is 3.12. The van der Waals surface area contributed by atoms with Crippen molar-refractivity contribution in [3.8, 4) is 0 Å². The van der Waals surface area contributed by atoms with Gasteiger partial charge in [0.1, 0.15) is 0 Å². The molecule has 0 radical (unpaired) electrons. The summed E-state index contributed by atoms with van der Waals surface area (Å²) in [4.78, 5) is 11.6. The zero-order valence-corrected chi connectivity index (χ0v) is 11.7. The van der Waals surface area contributed by atoms with Crippen molar-refractivity contribution in [2.45, 2.75) is 24.2 Å². The Labute approximate surface area is 116 Å². The van der Waals surface area contributed by atoms with E-state index in [4.69, 9.17) is 21.5 Å². The standard InChI is InChI=1S/C12H14ClNO4S/c13-11-4-3-9(19(14,16)17)7-10(11)12(15)18-6-5-8-1-2-8/h3-4,7-8H,1-2,5-6H2,(H2,14,16,17). The van der Waals surface area contributed by atoms with Gasteiger partial charge in [-0.2, -0.15) is 0 Å². The zero-order chi connectivity index (χ0) is 14.0. The topological polar surface area (TPSA) is 86.5 Å². The van der Waals surface area contributed by atoms with E-state index in [1.54, 1.807) is 0 Å². The molecule has 1 aromatic rings. The number of esters is 1. The molecule has 0 unspecified atom stereocenters. The van der Waals surface area contributed by atoms with E-state index in [-0.39, 0.29) is 15.5 Å². The number of ether oxygens (including phenoxy) is 1. The maximum absolute atomic E-state index is 11.8. The minimum atomic E-state index is -3.87. The summed E-state index contributed by atoms with van der Waals surface area (Å²) in [5.74, 6) is 0.0233. The predicted octanol–water partition coefficient (Wildman–Crippen LogP) is 1.94. The maximum atomic E-state index is 11.8. The second-order valence-electron chi connectivity index (χ2n) is 4.55. The molecule has 1 aromatic carbocycles. The van der Waals surface area contributed by atoms with Crippen molar-refractivity contribution in [2.75, 3.05) is 6.61 Å². The molecule has 0 aromatic heterocycles. The molecule has 0 spiro atoms. The Morgan fingerprint density at radius 2 is 2.11 bits per heavy atom. The summed E-state index contributed by atoms with van der Waals surface area (Å²) < 4.78 is 27.5. The van der Waals surface area contributed by atoms with Crippen LogP contribution in [0.15, 0.2) is 23.1 Å². The molecule has 0 amide bonds. The lowest BCUT2D eigenvalue weighted by molar-refractivity contribution is 0.0495. The largest absolute Gasteiger partial charge is 0.462 e. The fourth-order valence-corrected chi connectivity index (χ4v) is 2.37. The van der Waals surface area contributed by atoms with Crippen molar-refractivity contribution in [2.24, 2.45) is 11.1 Å². The Hall–Kier alpha value is -1.11. The van der Waals surface area contributed by atoms with Gasteiger partial charge in [-0.15, -0.1) is 0 Å². The maximum Gasteiger partial charge on any atom is 0.339 e. The quantitative estimate of drug-likeness (QED) is 0.842. The lowest BCUT2D eigenvalue weighted by atomic mass is 10.2. The molecular formula is C12H14ClNO4S. The zero-order valence-electron chi connectivity index (χ0n) is 10.1. The van der Waals surface area contributed by atoms with Crippen LogP contribution >= 0.6 is 11.6 Å². The van der Waals surface area contributed by atoms with Crippen LogP contribution in [-0.4, -0.2) is 21.0 Å². The van der Waals surface area contributed by atoms with Crippen LogP contribution in [0.1, 0.15) is 29.6 Å². The van der Waals surface area contributed by atoms with Crippen LogP contribution < -0.4 is 5.14 Å². The number of sulfonamides is 1. The van der Waals surface area contributed by atoms with E-state index in [1.165, 1.54) is 25.0 Å². The Bertz CT molecular complexity index is 596. The summed E-state index contributed by atoms with van der Waals surface area (Å²) in [5, 5.41) is 5.14. The van der Waals surface area contributed by atoms with Gasteiger partial charge in [0.2, 0.25) is 10.0 Å². The normalized spacial score (nSPS) is 15.3. The second kappa shape index (κ2) is 5.48. The molecule has 104 valence electrons. The van der Waals surface area contributed by atoms with E-state index in [9.17, 15) is 13.2 Å². The SMILES string of the molecule is NS(=O)(=O)c1ccc(Cl)c(C(=O)OCCC2CC2)c1. The highest BCUT2D eigenvalue weighted by molar-refractivity contribution is 7.89. The molecule has 0 bridgehead atoms. The van der Waals surface area contributed by atoms with Crippen LogP contribution in [0, 0.1) is 5.92 Å². The molecule has 19 heavy (non-hydrogen) atoms. The fraction of sp³-hybridized carbons (Fsp3) is 0.417. The number of halogens is 1. The summed E-state index contributed by atoms with van der Waals surface area (Å²) in [7, 11) is -3.87. The third-order valence-electron chi connectivity index (χ3n) is 2.94. The number of carbonyl (C=O) groups is 1. The van der Waals surface area contributed by atoms with Gasteiger partial charge in [-0.05, 0) is 30.5 Å². The van der Waals surface area contributed by atoms with E-state index in [2.05, 4.69) is 0 Å². The Balaban J connectivity index is 2.10. The highest BCUT2D eigenvalue weighted by atomic mass is 35.5. The van der Waals surface area contributed by atoms with Crippen molar-refractivity contribution in [1.82, 2.24) is 0 Å². The summed E-state index contributed by atoms with van der Waals surface area (Å²) in [6, 6.07) is 3.70. The van der Waals surface area contributed by atoms with Gasteiger partial charge in [0.15, 0.2) is 0 Å². The van der Waals surface area contributed by atoms with Crippen molar-refractivity contribution in [3.63, 3.8) is 0 Å². The third-order valence-corrected chi connectivity index (χ3v) is 4.18. The van der Waals surface area contributed by atoms with Crippen LogP contribution in [-0.2, 0) is 14.8 Å². The number of primary sulfonamides is 1. The van der Waals surface area contributed by atoms with Crippen molar-refractivity contribution in [3.05, 3.63) is 28.8 Å². The highest BCUT2D eigenvalue weighted by Crippen LogP contribution is 2.32. The van der Waals surface area contributed by atoms with Crippen LogP contribution in [0.5, 0.6) is 0 Å². The van der Waals surface area contributed by atoms with Gasteiger partial charge in [-0.25, -0.2) is 18.4 Å². The highest BCUT2D eigenvalue weighted by Gasteiger charge is 2.22. The Morgan fingerprint density at radius 3 is 2.68 bits per heavy atom. The molecule has 7 heteroatoms. The molecule has 0 saturated heterocycles. The molecule has 1 aliphatic rings. The summed E-state index contributed by atoms with van der Waals surface area (Å²) >= 11 is 5.86. The first kappa shape index (κ1) is 14.3. The third kappa shape index (κ3) is 3.92. The van der Waals surface area contributed by atoms with E-state index in [0.717, 1.165) is 12.5 Å². The number of nitrogens with two attached hydrogens (primary N) is 1. The lowest BCUT2D eigenvalue weighted by Crippen LogP contribution is -2.14. The number of rotatable bonds is 5. The summed E-state index contributed by atoms with van der Waals surface area (Å²) in [5.41, 5.74) is 0.0176. The molecule has 2 rings (SSSR count). The smallest absolute Gasteiger partial charge is 0.339 e. The molecule has 0 atom stereocenters. The number of benzene rings is 1. The van der Waals surface area contributed by atoms with E-state index in [1.807, 2.05) is 0 Å². The van der Waals surface area contributed by atoms with E-state index < -0.39 is 16.0 Å². The first-order valence-corrected chi connectivity index (χ1v) is 7.80. The van der Waals surface area contributed by atoms with Crippen LogP contribution in [0.2, 0.25) is 5.02 Å². The van der Waals surface area contributed by atoms with E-state index >= 15 is 0 Å². The molecule has 1 aliphatic carbocycles. The number of hydrogen-bond acceptors (Lipinski definition) is 4. The molecule has 0 aliphatic heterocycles. The van der Waals surface area contributed by atoms with Gasteiger partial charge >= 0.3 is 5.97 Å². The number of hydrogen-bond donors (Lipinski definition) is 1. The Kier molecular flexibility index (Phi) is 4.13. The summed E-state index contributed by atoms with van der Waals surface area (Å²) in [6.07, 6.45) is 3.19. The first-order chi connectivity index (χ1) is 8.88. The van der Waals surface area contributed by atoms with Crippen LogP contribution in [0.3, 0.4) is 0 Å². The average molecular weight is 304 g/mol. The monoisotopic (exact) mass is 303 g/mol. The van der Waals surface area contributed by atoms with Gasteiger partial charge in [-0.3, -0.25) is 0 Å². The lowest BCUT2D eigenvalue weighted by Gasteiger charge is -2.07. The second-order valence-corrected chi connectivity index (χ2v) is 6.52. The minimum Gasteiger partial charge on any atom is -0.462 e. The fourth-order valence-electron chi connectivity index (χ4n) is 1.64. The van der Waals surface area contributed by atoms with E-state index in [0.29, 0.717) is 12.5 Å². The van der Waals surface area contributed by atoms with Crippen molar-refractivity contribution in [1.29, 1.82) is 0 Å². The predicted molar refractivity (Wildman–Crippen MR) is 70.4 cm³/mol. The summed E-state index contributed by atoms with van der Waals surface area (Å²) in [6.45, 7) is 0.319. The van der Waals surface area contributed by atoms with Gasteiger partial charge in [0, 0.05) is 0 Å². The van der Waals surface area contributed by atoms with Crippen molar-refractivity contribution >= 4 is 27.6 Å². The molecule has 1 saturated carbocycles. The Morgan fingerprint density at radius 1 is 1.42 bits per heavy atom. The first-order valence-electron chi connectivity index (χ1n) is 5.87. The van der Waals surface area contributed by atoms with Crippen molar-refractivity contribution < 1.29 is 17.9 Å². The van der Waals surface area contributed by atoms with Gasteiger partial charge in [-0.1, -0.05) is 24.4 Å². The van der Waals surface area contributed by atoms with Crippen LogP contribution in [0.25, 0.3) is 0 Å². The number of carbonyl (C=O) groups excluding carboxylic acids is 1. The minimum absolute atomic E-state index is 0.0176. The molecular weight excluding hydrogens is 290 g/mol. The molecule has 1 fully saturated rings. The van der Waals surface area contributed by atoms with Gasteiger partial charge in [0.25, 0.3) is 0 Å². The molecule has 5 nitrogen and oxygen atoms in total. The molecule has 2 N–H and O–H groups in total. The van der Waals surface area contributed by atoms with Gasteiger partial charge < -0.3 is 4.74 Å². The van der Waals surface area contributed by atoms with Gasteiger partial charge in [0.05, 0.1) is 22.1 Å².